The van der Waals surface area contributed by atoms with E-state index < -0.39 is 0 Å². The molecule has 0 bridgehead atoms. The molecule has 2 heterocycles. The molecule has 0 aromatic carbocycles. The van der Waals surface area contributed by atoms with Gasteiger partial charge in [-0.1, -0.05) is 11.6 Å². The lowest BCUT2D eigenvalue weighted by atomic mass is 10.3. The minimum atomic E-state index is 0.753. The van der Waals surface area contributed by atoms with Crippen molar-refractivity contribution in [2.75, 3.05) is 0 Å². The van der Waals surface area contributed by atoms with E-state index in [2.05, 4.69) is 9.97 Å². The SMILES string of the molecule is Cc1ncnc2scc(Cl)c12. The second-order valence-electron chi connectivity index (χ2n) is 2.22. The van der Waals surface area contributed by atoms with Gasteiger partial charge < -0.3 is 0 Å². The maximum absolute atomic E-state index is 5.91. The van der Waals surface area contributed by atoms with E-state index in [4.69, 9.17) is 11.6 Å². The van der Waals surface area contributed by atoms with Crippen molar-refractivity contribution in [2.45, 2.75) is 6.92 Å². The highest BCUT2D eigenvalue weighted by Gasteiger charge is 2.04. The van der Waals surface area contributed by atoms with Crippen LogP contribution < -0.4 is 0 Å². The fourth-order valence-corrected chi connectivity index (χ4v) is 2.21. The minimum Gasteiger partial charge on any atom is -0.241 e. The first-order chi connectivity index (χ1) is 5.29. The lowest BCUT2D eigenvalue weighted by molar-refractivity contribution is 1.16. The molecule has 2 aromatic heterocycles. The smallest absolute Gasteiger partial charge is 0.128 e. The maximum Gasteiger partial charge on any atom is 0.128 e. The molecule has 11 heavy (non-hydrogen) atoms. The number of aromatic nitrogens is 2. The molecule has 0 aliphatic heterocycles. The summed E-state index contributed by atoms with van der Waals surface area (Å²) in [4.78, 5) is 9.10. The number of fused-ring (bicyclic) bond motifs is 1. The Morgan fingerprint density at radius 2 is 2.27 bits per heavy atom. The normalized spacial score (nSPS) is 10.7. The van der Waals surface area contributed by atoms with Gasteiger partial charge in [0, 0.05) is 5.38 Å². The predicted molar refractivity (Wildman–Crippen MR) is 47.2 cm³/mol. The Morgan fingerprint density at radius 3 is 3.00 bits per heavy atom. The molecule has 0 saturated carbocycles. The van der Waals surface area contributed by atoms with Gasteiger partial charge in [0.05, 0.1) is 16.1 Å². The van der Waals surface area contributed by atoms with E-state index in [0.29, 0.717) is 0 Å². The van der Waals surface area contributed by atoms with Gasteiger partial charge in [-0.05, 0) is 6.92 Å². The molecule has 56 valence electrons. The molecule has 0 N–H and O–H groups in total. The molecule has 0 saturated heterocycles. The van der Waals surface area contributed by atoms with Crippen LogP contribution in [0.25, 0.3) is 10.2 Å². The van der Waals surface area contributed by atoms with Gasteiger partial charge in [-0.25, -0.2) is 9.97 Å². The Morgan fingerprint density at radius 1 is 1.45 bits per heavy atom. The highest BCUT2D eigenvalue weighted by molar-refractivity contribution is 7.17. The van der Waals surface area contributed by atoms with Crippen molar-refractivity contribution in [1.29, 1.82) is 0 Å². The lowest BCUT2D eigenvalue weighted by Crippen LogP contribution is -1.82. The molecule has 0 aliphatic carbocycles. The first-order valence-corrected chi connectivity index (χ1v) is 4.39. The zero-order valence-electron chi connectivity index (χ0n) is 5.84. The fourth-order valence-electron chi connectivity index (χ4n) is 0.983. The zero-order chi connectivity index (χ0) is 7.84. The van der Waals surface area contributed by atoms with Crippen LogP contribution in [0.2, 0.25) is 5.02 Å². The van der Waals surface area contributed by atoms with Gasteiger partial charge in [-0.15, -0.1) is 11.3 Å². The lowest BCUT2D eigenvalue weighted by Gasteiger charge is -1.92. The summed E-state index contributed by atoms with van der Waals surface area (Å²) in [5.74, 6) is 0. The summed E-state index contributed by atoms with van der Waals surface area (Å²) in [5.41, 5.74) is 0.946. The van der Waals surface area contributed by atoms with Crippen LogP contribution in [0.5, 0.6) is 0 Å². The van der Waals surface area contributed by atoms with Crippen molar-refractivity contribution in [3.8, 4) is 0 Å². The first kappa shape index (κ1) is 7.00. The zero-order valence-corrected chi connectivity index (χ0v) is 7.41. The van der Waals surface area contributed by atoms with E-state index in [1.165, 1.54) is 0 Å². The molecule has 0 unspecified atom stereocenters. The number of hydrogen-bond donors (Lipinski definition) is 0. The Bertz CT molecular complexity index is 396. The van der Waals surface area contributed by atoms with Crippen LogP contribution >= 0.6 is 22.9 Å². The number of halogens is 1. The van der Waals surface area contributed by atoms with E-state index in [0.717, 1.165) is 20.9 Å². The van der Waals surface area contributed by atoms with Crippen LogP contribution in [0.3, 0.4) is 0 Å². The molecule has 2 rings (SSSR count). The van der Waals surface area contributed by atoms with Gasteiger partial charge in [0.2, 0.25) is 0 Å². The third-order valence-corrected chi connectivity index (χ3v) is 2.83. The molecule has 0 amide bonds. The Hall–Kier alpha value is -0.670. The van der Waals surface area contributed by atoms with Crippen molar-refractivity contribution in [3.05, 3.63) is 22.4 Å². The summed E-state index contributed by atoms with van der Waals surface area (Å²) >= 11 is 7.45. The maximum atomic E-state index is 5.91. The number of aryl methyl sites for hydroxylation is 1. The Labute approximate surface area is 72.9 Å². The average molecular weight is 185 g/mol. The van der Waals surface area contributed by atoms with Crippen LogP contribution in [0.15, 0.2) is 11.7 Å². The quantitative estimate of drug-likeness (QED) is 0.629. The van der Waals surface area contributed by atoms with Crippen molar-refractivity contribution in [3.63, 3.8) is 0 Å². The molecule has 0 aliphatic rings. The summed E-state index contributed by atoms with van der Waals surface area (Å²) in [6.45, 7) is 1.93. The number of rotatable bonds is 0. The van der Waals surface area contributed by atoms with Crippen LogP contribution in [0.4, 0.5) is 0 Å². The molecular formula is C7H5ClN2S. The van der Waals surface area contributed by atoms with E-state index in [9.17, 15) is 0 Å². The molecule has 0 fully saturated rings. The second-order valence-corrected chi connectivity index (χ2v) is 3.49. The largest absolute Gasteiger partial charge is 0.241 e. The number of nitrogens with zero attached hydrogens (tertiary/aromatic N) is 2. The molecule has 2 aromatic rings. The van der Waals surface area contributed by atoms with E-state index in [-0.39, 0.29) is 0 Å². The van der Waals surface area contributed by atoms with E-state index >= 15 is 0 Å². The topological polar surface area (TPSA) is 25.8 Å². The standard InChI is InChI=1S/C7H5ClN2S/c1-4-6-5(8)2-11-7(6)10-3-9-4/h2-3H,1H3. The van der Waals surface area contributed by atoms with E-state index in [1.54, 1.807) is 17.7 Å². The predicted octanol–water partition coefficient (Wildman–Crippen LogP) is 2.65. The summed E-state index contributed by atoms with van der Waals surface area (Å²) in [6.07, 6.45) is 1.56. The number of thiophene rings is 1. The minimum absolute atomic E-state index is 0.753. The van der Waals surface area contributed by atoms with Gasteiger partial charge in [-0.2, -0.15) is 0 Å². The summed E-state index contributed by atoms with van der Waals surface area (Å²) < 4.78 is 0. The Balaban J connectivity index is 2.96. The summed E-state index contributed by atoms with van der Waals surface area (Å²) in [7, 11) is 0. The van der Waals surface area contributed by atoms with Crippen molar-refractivity contribution in [2.24, 2.45) is 0 Å². The van der Waals surface area contributed by atoms with Crippen LogP contribution in [0.1, 0.15) is 5.69 Å². The third kappa shape index (κ3) is 1.01. The number of hydrogen-bond acceptors (Lipinski definition) is 3. The van der Waals surface area contributed by atoms with Gasteiger partial charge in [0.15, 0.2) is 0 Å². The third-order valence-electron chi connectivity index (χ3n) is 1.51. The monoisotopic (exact) mass is 184 g/mol. The Kier molecular flexibility index (Phi) is 1.55. The van der Waals surface area contributed by atoms with Gasteiger partial charge in [-0.3, -0.25) is 0 Å². The highest BCUT2D eigenvalue weighted by Crippen LogP contribution is 2.29. The van der Waals surface area contributed by atoms with Crippen LogP contribution in [-0.2, 0) is 0 Å². The molecule has 0 radical (unpaired) electrons. The van der Waals surface area contributed by atoms with Crippen LogP contribution in [0, 0.1) is 6.92 Å². The molecule has 0 atom stereocenters. The molecule has 0 spiro atoms. The van der Waals surface area contributed by atoms with Gasteiger partial charge in [0.25, 0.3) is 0 Å². The van der Waals surface area contributed by atoms with E-state index in [1.807, 2.05) is 12.3 Å². The van der Waals surface area contributed by atoms with Crippen molar-refractivity contribution >= 4 is 33.2 Å². The summed E-state index contributed by atoms with van der Waals surface area (Å²) in [6, 6.07) is 0. The van der Waals surface area contributed by atoms with Crippen LogP contribution in [-0.4, -0.2) is 9.97 Å². The first-order valence-electron chi connectivity index (χ1n) is 3.13. The van der Waals surface area contributed by atoms with Crippen molar-refractivity contribution in [1.82, 2.24) is 9.97 Å². The average Bonchev–Trinajstić information content (AvgIpc) is 2.34. The fraction of sp³-hybridized carbons (Fsp3) is 0.143. The van der Waals surface area contributed by atoms with Gasteiger partial charge >= 0.3 is 0 Å². The summed E-state index contributed by atoms with van der Waals surface area (Å²) in [5, 5.41) is 3.62. The van der Waals surface area contributed by atoms with Gasteiger partial charge in [0.1, 0.15) is 11.2 Å². The highest BCUT2D eigenvalue weighted by atomic mass is 35.5. The molecule has 2 nitrogen and oxygen atoms in total. The van der Waals surface area contributed by atoms with Crippen molar-refractivity contribution < 1.29 is 0 Å². The molecular weight excluding hydrogens is 180 g/mol. The molecule has 4 heteroatoms. The second kappa shape index (κ2) is 2.43.